The van der Waals surface area contributed by atoms with E-state index < -0.39 is 0 Å². The standard InChI is InChI=1S/C16H18N2O3S/c1-19-12-6-4-11(5-7-12)18-14(20-2)10-13-15(22-3)17-8-9-21-16(13)18/h4-7,10H,8-9H2,1-3H3. The van der Waals surface area contributed by atoms with Gasteiger partial charge in [-0.1, -0.05) is 0 Å². The van der Waals surface area contributed by atoms with Gasteiger partial charge in [-0.25, -0.2) is 0 Å². The smallest absolute Gasteiger partial charge is 0.211 e. The summed E-state index contributed by atoms with van der Waals surface area (Å²) in [6.45, 7) is 1.22. The van der Waals surface area contributed by atoms with Crippen LogP contribution < -0.4 is 14.2 Å². The molecule has 1 aromatic carbocycles. The van der Waals surface area contributed by atoms with Gasteiger partial charge in [-0.3, -0.25) is 9.56 Å². The number of hydrogen-bond donors (Lipinski definition) is 0. The second-order valence-corrected chi connectivity index (χ2v) is 5.47. The molecule has 2 aromatic rings. The SMILES string of the molecule is COc1ccc(-n2c(OC)cc3c2OCCN=C3SC)cc1. The first-order chi connectivity index (χ1) is 10.8. The lowest BCUT2D eigenvalue weighted by Crippen LogP contribution is -2.06. The van der Waals surface area contributed by atoms with Gasteiger partial charge in [0.1, 0.15) is 17.4 Å². The molecule has 1 aliphatic rings. The summed E-state index contributed by atoms with van der Waals surface area (Å²) < 4.78 is 18.6. The second kappa shape index (κ2) is 6.36. The van der Waals surface area contributed by atoms with Crippen LogP contribution in [0.25, 0.3) is 5.69 Å². The van der Waals surface area contributed by atoms with Crippen molar-refractivity contribution in [1.82, 2.24) is 4.57 Å². The summed E-state index contributed by atoms with van der Waals surface area (Å²) in [4.78, 5) is 4.56. The molecule has 6 heteroatoms. The molecule has 0 unspecified atom stereocenters. The number of ether oxygens (including phenoxy) is 3. The fraction of sp³-hybridized carbons (Fsp3) is 0.312. The number of benzene rings is 1. The van der Waals surface area contributed by atoms with Gasteiger partial charge in [0.15, 0.2) is 0 Å². The second-order valence-electron chi connectivity index (χ2n) is 4.68. The Labute approximate surface area is 133 Å². The number of hydrogen-bond acceptors (Lipinski definition) is 5. The van der Waals surface area contributed by atoms with Crippen LogP contribution in [0.5, 0.6) is 17.5 Å². The Morgan fingerprint density at radius 3 is 2.59 bits per heavy atom. The van der Waals surface area contributed by atoms with Gasteiger partial charge in [0.05, 0.1) is 32.0 Å². The summed E-state index contributed by atoms with van der Waals surface area (Å²) in [7, 11) is 3.31. The van der Waals surface area contributed by atoms with Crippen LogP contribution in [0, 0.1) is 0 Å². The minimum absolute atomic E-state index is 0.556. The van der Waals surface area contributed by atoms with Gasteiger partial charge in [-0.05, 0) is 30.5 Å². The van der Waals surface area contributed by atoms with Crippen molar-refractivity contribution in [3.63, 3.8) is 0 Å². The van der Waals surface area contributed by atoms with Crippen molar-refractivity contribution in [2.75, 3.05) is 33.6 Å². The Bertz CT molecular complexity index is 692. The Hall–Kier alpha value is -2.08. The molecule has 0 amide bonds. The predicted molar refractivity (Wildman–Crippen MR) is 89.3 cm³/mol. The van der Waals surface area contributed by atoms with Crippen LogP contribution in [0.2, 0.25) is 0 Å². The minimum Gasteiger partial charge on any atom is -0.497 e. The number of rotatable bonds is 3. The summed E-state index contributed by atoms with van der Waals surface area (Å²) in [5.41, 5.74) is 1.93. The molecule has 3 rings (SSSR count). The number of thioether (sulfide) groups is 1. The van der Waals surface area contributed by atoms with Crippen LogP contribution >= 0.6 is 11.8 Å². The fourth-order valence-corrected chi connectivity index (χ4v) is 3.03. The predicted octanol–water partition coefficient (Wildman–Crippen LogP) is 3.00. The van der Waals surface area contributed by atoms with Gasteiger partial charge in [0.25, 0.3) is 0 Å². The van der Waals surface area contributed by atoms with E-state index in [4.69, 9.17) is 14.2 Å². The number of fused-ring (bicyclic) bond motifs is 1. The zero-order valence-corrected chi connectivity index (χ0v) is 13.6. The molecule has 0 saturated carbocycles. The quantitative estimate of drug-likeness (QED) is 0.873. The highest BCUT2D eigenvalue weighted by Crippen LogP contribution is 2.36. The van der Waals surface area contributed by atoms with E-state index in [-0.39, 0.29) is 0 Å². The third kappa shape index (κ3) is 2.54. The summed E-state index contributed by atoms with van der Waals surface area (Å²) in [5, 5.41) is 0.970. The first-order valence-electron chi connectivity index (χ1n) is 6.94. The van der Waals surface area contributed by atoms with E-state index in [0.29, 0.717) is 13.2 Å². The normalized spacial score (nSPS) is 13.7. The molecule has 22 heavy (non-hydrogen) atoms. The zero-order chi connectivity index (χ0) is 15.5. The minimum atomic E-state index is 0.556. The van der Waals surface area contributed by atoms with E-state index in [2.05, 4.69) is 4.99 Å². The van der Waals surface area contributed by atoms with Crippen LogP contribution in [0.1, 0.15) is 5.56 Å². The Morgan fingerprint density at radius 2 is 1.95 bits per heavy atom. The Morgan fingerprint density at radius 1 is 1.18 bits per heavy atom. The maximum absolute atomic E-state index is 5.93. The van der Waals surface area contributed by atoms with Crippen molar-refractivity contribution in [3.8, 4) is 23.2 Å². The van der Waals surface area contributed by atoms with E-state index in [0.717, 1.165) is 33.8 Å². The van der Waals surface area contributed by atoms with Gasteiger partial charge in [0, 0.05) is 6.07 Å². The largest absolute Gasteiger partial charge is 0.497 e. The molecule has 0 bridgehead atoms. The molecule has 5 nitrogen and oxygen atoms in total. The van der Waals surface area contributed by atoms with E-state index >= 15 is 0 Å². The summed E-state index contributed by atoms with van der Waals surface area (Å²) in [6.07, 6.45) is 2.02. The number of aliphatic imine (C=N–C) groups is 1. The lowest BCUT2D eigenvalue weighted by atomic mass is 10.3. The Kier molecular flexibility index (Phi) is 4.29. The average molecular weight is 318 g/mol. The van der Waals surface area contributed by atoms with Crippen LogP contribution in [0.4, 0.5) is 0 Å². The number of nitrogens with zero attached hydrogens (tertiary/aromatic N) is 2. The topological polar surface area (TPSA) is 45.0 Å². The van der Waals surface area contributed by atoms with E-state index in [9.17, 15) is 0 Å². The highest BCUT2D eigenvalue weighted by Gasteiger charge is 2.23. The summed E-state index contributed by atoms with van der Waals surface area (Å²) in [5.74, 6) is 2.31. The molecular weight excluding hydrogens is 300 g/mol. The van der Waals surface area contributed by atoms with E-state index in [1.165, 1.54) is 0 Å². The molecule has 0 aliphatic carbocycles. The van der Waals surface area contributed by atoms with Crippen LogP contribution in [-0.2, 0) is 0 Å². The lowest BCUT2D eigenvalue weighted by Gasteiger charge is -2.13. The molecule has 0 atom stereocenters. The highest BCUT2D eigenvalue weighted by atomic mass is 32.2. The number of aromatic nitrogens is 1. The van der Waals surface area contributed by atoms with Gasteiger partial charge < -0.3 is 14.2 Å². The van der Waals surface area contributed by atoms with Crippen molar-refractivity contribution in [1.29, 1.82) is 0 Å². The molecule has 0 radical (unpaired) electrons. The van der Waals surface area contributed by atoms with Crippen molar-refractivity contribution in [2.45, 2.75) is 0 Å². The third-order valence-corrected chi connectivity index (χ3v) is 4.21. The van der Waals surface area contributed by atoms with Crippen molar-refractivity contribution in [2.24, 2.45) is 4.99 Å². The lowest BCUT2D eigenvalue weighted by molar-refractivity contribution is 0.303. The molecule has 0 fully saturated rings. The fourth-order valence-electron chi connectivity index (χ4n) is 2.44. The highest BCUT2D eigenvalue weighted by molar-refractivity contribution is 8.13. The van der Waals surface area contributed by atoms with Crippen molar-refractivity contribution < 1.29 is 14.2 Å². The third-order valence-electron chi connectivity index (χ3n) is 3.47. The molecule has 0 N–H and O–H groups in total. The van der Waals surface area contributed by atoms with Crippen molar-refractivity contribution in [3.05, 3.63) is 35.9 Å². The van der Waals surface area contributed by atoms with Crippen molar-refractivity contribution >= 4 is 16.8 Å². The molecule has 1 aliphatic heterocycles. The van der Waals surface area contributed by atoms with Gasteiger partial charge in [-0.2, -0.15) is 0 Å². The summed E-state index contributed by atoms with van der Waals surface area (Å²) in [6, 6.07) is 9.76. The van der Waals surface area contributed by atoms with Gasteiger partial charge in [0.2, 0.25) is 11.8 Å². The maximum atomic E-state index is 5.93. The van der Waals surface area contributed by atoms with Gasteiger partial charge in [-0.15, -0.1) is 11.8 Å². The molecule has 0 spiro atoms. The molecule has 0 saturated heterocycles. The molecule has 2 heterocycles. The van der Waals surface area contributed by atoms with Crippen LogP contribution in [-0.4, -0.2) is 43.2 Å². The summed E-state index contributed by atoms with van der Waals surface area (Å²) >= 11 is 1.62. The van der Waals surface area contributed by atoms with Gasteiger partial charge >= 0.3 is 0 Å². The zero-order valence-electron chi connectivity index (χ0n) is 12.8. The molecular formula is C16H18N2O3S. The number of methoxy groups -OCH3 is 2. The maximum Gasteiger partial charge on any atom is 0.211 e. The average Bonchev–Trinajstić information content (AvgIpc) is 2.81. The van der Waals surface area contributed by atoms with Crippen LogP contribution in [0.3, 0.4) is 0 Å². The molecule has 116 valence electrons. The van der Waals surface area contributed by atoms with E-state index in [1.54, 1.807) is 26.0 Å². The first-order valence-corrected chi connectivity index (χ1v) is 8.16. The van der Waals surface area contributed by atoms with E-state index in [1.807, 2.05) is 41.2 Å². The first kappa shape index (κ1) is 14.8. The monoisotopic (exact) mass is 318 g/mol. The van der Waals surface area contributed by atoms with Crippen LogP contribution in [0.15, 0.2) is 35.3 Å². The Balaban J connectivity index is 2.14. The molecule has 1 aromatic heterocycles.